The third kappa shape index (κ3) is 5.15. The maximum absolute atomic E-state index is 12.0. The number of rotatable bonds is 6. The minimum absolute atomic E-state index is 0.110. The fourth-order valence-electron chi connectivity index (χ4n) is 1.86. The summed E-state index contributed by atoms with van der Waals surface area (Å²) in [5.74, 6) is -0.625. The van der Waals surface area contributed by atoms with Gasteiger partial charge in [-0.2, -0.15) is 0 Å². The van der Waals surface area contributed by atoms with Crippen molar-refractivity contribution in [1.82, 2.24) is 9.97 Å². The fraction of sp³-hybridized carbons (Fsp3) is 0.267. The van der Waals surface area contributed by atoms with E-state index in [1.165, 1.54) is 11.8 Å². The van der Waals surface area contributed by atoms with Crippen LogP contribution in [0.2, 0.25) is 10.0 Å². The van der Waals surface area contributed by atoms with Crippen molar-refractivity contribution in [3.8, 4) is 0 Å². The SMILES string of the molecule is CCOC(=O)c1nc(SCC(=O)Nc2cc(Cl)cc(Cl)c2)[nH]c1C. The highest BCUT2D eigenvalue weighted by Crippen LogP contribution is 2.23. The molecule has 0 atom stereocenters. The van der Waals surface area contributed by atoms with Crippen LogP contribution in [-0.4, -0.2) is 34.2 Å². The van der Waals surface area contributed by atoms with E-state index < -0.39 is 5.97 Å². The number of nitrogens with zero attached hydrogens (tertiary/aromatic N) is 1. The largest absolute Gasteiger partial charge is 0.461 e. The van der Waals surface area contributed by atoms with Crippen LogP contribution in [0, 0.1) is 6.92 Å². The van der Waals surface area contributed by atoms with Crippen LogP contribution in [0.15, 0.2) is 23.4 Å². The minimum atomic E-state index is -0.490. The van der Waals surface area contributed by atoms with E-state index in [4.69, 9.17) is 27.9 Å². The first kappa shape index (κ1) is 18.6. The Balaban J connectivity index is 1.94. The topological polar surface area (TPSA) is 84.1 Å². The standard InChI is InChI=1S/C15H15Cl2N3O3S/c1-3-23-14(22)13-8(2)18-15(20-13)24-7-12(21)19-11-5-9(16)4-10(17)6-11/h4-6H,3,7H2,1-2H3,(H,18,20)(H,19,21). The zero-order chi connectivity index (χ0) is 17.7. The highest BCUT2D eigenvalue weighted by Gasteiger charge is 2.16. The molecule has 1 aromatic carbocycles. The molecule has 0 saturated carbocycles. The quantitative estimate of drug-likeness (QED) is 0.579. The monoisotopic (exact) mass is 387 g/mol. The molecule has 0 aliphatic carbocycles. The predicted molar refractivity (Wildman–Crippen MR) is 95.1 cm³/mol. The van der Waals surface area contributed by atoms with Gasteiger partial charge in [0.05, 0.1) is 12.4 Å². The van der Waals surface area contributed by atoms with E-state index in [0.29, 0.717) is 26.6 Å². The lowest BCUT2D eigenvalue weighted by Gasteiger charge is -2.05. The van der Waals surface area contributed by atoms with Crippen molar-refractivity contribution in [2.45, 2.75) is 19.0 Å². The Morgan fingerprint density at radius 2 is 1.96 bits per heavy atom. The Morgan fingerprint density at radius 1 is 1.29 bits per heavy atom. The van der Waals surface area contributed by atoms with Crippen molar-refractivity contribution in [2.24, 2.45) is 0 Å². The first-order valence-electron chi connectivity index (χ1n) is 7.01. The summed E-state index contributed by atoms with van der Waals surface area (Å²) >= 11 is 12.9. The van der Waals surface area contributed by atoms with Crippen molar-refractivity contribution in [2.75, 3.05) is 17.7 Å². The second-order valence-corrected chi connectivity index (χ2v) is 6.57. The van der Waals surface area contributed by atoms with Gasteiger partial charge in [-0.1, -0.05) is 35.0 Å². The average molecular weight is 388 g/mol. The molecule has 128 valence electrons. The molecule has 1 aromatic heterocycles. The van der Waals surface area contributed by atoms with Crippen LogP contribution in [0.5, 0.6) is 0 Å². The molecule has 0 radical (unpaired) electrons. The molecule has 0 saturated heterocycles. The molecule has 0 unspecified atom stereocenters. The molecule has 2 rings (SSSR count). The number of H-pyrrole nitrogens is 1. The first-order valence-corrected chi connectivity index (χ1v) is 8.75. The number of halogens is 2. The van der Waals surface area contributed by atoms with E-state index in [-0.39, 0.29) is 24.0 Å². The smallest absolute Gasteiger partial charge is 0.358 e. The Labute approximate surface area is 153 Å². The third-order valence-electron chi connectivity index (χ3n) is 2.82. The number of carbonyl (C=O) groups is 2. The molecule has 0 bridgehead atoms. The number of amides is 1. The molecule has 6 nitrogen and oxygen atoms in total. The van der Waals surface area contributed by atoms with Crippen molar-refractivity contribution in [3.63, 3.8) is 0 Å². The highest BCUT2D eigenvalue weighted by atomic mass is 35.5. The molecule has 0 aliphatic rings. The van der Waals surface area contributed by atoms with Gasteiger partial charge >= 0.3 is 5.97 Å². The molecule has 2 aromatic rings. The number of carbonyl (C=O) groups excluding carboxylic acids is 2. The number of aromatic nitrogens is 2. The Bertz CT molecular complexity index is 744. The summed E-state index contributed by atoms with van der Waals surface area (Å²) in [6.45, 7) is 3.72. The van der Waals surface area contributed by atoms with Gasteiger partial charge in [-0.25, -0.2) is 9.78 Å². The molecule has 0 spiro atoms. The summed E-state index contributed by atoms with van der Waals surface area (Å²) < 4.78 is 4.91. The van der Waals surface area contributed by atoms with Gasteiger partial charge in [0.15, 0.2) is 10.9 Å². The molecule has 2 N–H and O–H groups in total. The van der Waals surface area contributed by atoms with Gasteiger partial charge < -0.3 is 15.0 Å². The Hall–Kier alpha value is -1.70. The molecule has 0 aliphatic heterocycles. The number of hydrogen-bond donors (Lipinski definition) is 2. The van der Waals surface area contributed by atoms with Crippen molar-refractivity contribution in [1.29, 1.82) is 0 Å². The van der Waals surface area contributed by atoms with Crippen molar-refractivity contribution in [3.05, 3.63) is 39.6 Å². The van der Waals surface area contributed by atoms with Crippen LogP contribution < -0.4 is 5.32 Å². The molecular weight excluding hydrogens is 373 g/mol. The Kier molecular flexibility index (Phi) is 6.53. The number of ether oxygens (including phenoxy) is 1. The fourth-order valence-corrected chi connectivity index (χ4v) is 3.10. The van der Waals surface area contributed by atoms with Crippen molar-refractivity contribution >= 4 is 52.5 Å². The van der Waals surface area contributed by atoms with Gasteiger partial charge in [-0.15, -0.1) is 0 Å². The molecule has 0 fully saturated rings. The van der Waals surface area contributed by atoms with Gasteiger partial charge in [-0.05, 0) is 32.0 Å². The van der Waals surface area contributed by atoms with Crippen molar-refractivity contribution < 1.29 is 14.3 Å². The van der Waals surface area contributed by atoms with E-state index in [1.807, 2.05) is 0 Å². The summed E-state index contributed by atoms with van der Waals surface area (Å²) in [6.07, 6.45) is 0. The van der Waals surface area contributed by atoms with Gasteiger partial charge in [0.25, 0.3) is 0 Å². The van der Waals surface area contributed by atoms with Crippen LogP contribution >= 0.6 is 35.0 Å². The van der Waals surface area contributed by atoms with E-state index in [1.54, 1.807) is 32.0 Å². The van der Waals surface area contributed by atoms with Crippen LogP contribution in [0.1, 0.15) is 23.1 Å². The van der Waals surface area contributed by atoms with Gasteiger partial charge in [0, 0.05) is 21.4 Å². The third-order valence-corrected chi connectivity index (χ3v) is 4.13. The summed E-state index contributed by atoms with van der Waals surface area (Å²) in [6, 6.07) is 4.79. The van der Waals surface area contributed by atoms with Crippen LogP contribution in [-0.2, 0) is 9.53 Å². The van der Waals surface area contributed by atoms with Gasteiger partial charge in [0.1, 0.15) is 0 Å². The lowest BCUT2D eigenvalue weighted by atomic mass is 10.3. The van der Waals surface area contributed by atoms with Gasteiger partial charge in [-0.3, -0.25) is 4.79 Å². The van der Waals surface area contributed by atoms with E-state index >= 15 is 0 Å². The molecule has 9 heteroatoms. The molecule has 1 amide bonds. The summed E-state index contributed by atoms with van der Waals surface area (Å²) in [4.78, 5) is 30.8. The number of hydrogen-bond acceptors (Lipinski definition) is 5. The molecule has 1 heterocycles. The van der Waals surface area contributed by atoms with Gasteiger partial charge in [0.2, 0.25) is 5.91 Å². The Morgan fingerprint density at radius 3 is 2.58 bits per heavy atom. The zero-order valence-electron chi connectivity index (χ0n) is 13.0. The predicted octanol–water partition coefficient (Wildman–Crippen LogP) is 3.93. The van der Waals surface area contributed by atoms with E-state index in [9.17, 15) is 9.59 Å². The van der Waals surface area contributed by atoms with E-state index in [0.717, 1.165) is 0 Å². The number of aromatic amines is 1. The lowest BCUT2D eigenvalue weighted by molar-refractivity contribution is -0.113. The number of nitrogens with one attached hydrogen (secondary N) is 2. The molecular formula is C15H15Cl2N3O3S. The second kappa shape index (κ2) is 8.41. The number of thioether (sulfide) groups is 1. The van der Waals surface area contributed by atoms with Crippen LogP contribution in [0.4, 0.5) is 5.69 Å². The number of anilines is 1. The normalized spacial score (nSPS) is 10.5. The number of aryl methyl sites for hydroxylation is 1. The van der Waals surface area contributed by atoms with Crippen LogP contribution in [0.3, 0.4) is 0 Å². The number of esters is 1. The zero-order valence-corrected chi connectivity index (χ0v) is 15.3. The number of benzene rings is 1. The lowest BCUT2D eigenvalue weighted by Crippen LogP contribution is -2.14. The second-order valence-electron chi connectivity index (χ2n) is 4.73. The summed E-state index contributed by atoms with van der Waals surface area (Å²) in [5.41, 5.74) is 1.33. The highest BCUT2D eigenvalue weighted by molar-refractivity contribution is 7.99. The van der Waals surface area contributed by atoms with Crippen LogP contribution in [0.25, 0.3) is 0 Å². The molecule has 24 heavy (non-hydrogen) atoms. The van der Waals surface area contributed by atoms with E-state index in [2.05, 4.69) is 15.3 Å². The maximum atomic E-state index is 12.0. The average Bonchev–Trinajstić information content (AvgIpc) is 2.85. The summed E-state index contributed by atoms with van der Waals surface area (Å²) in [5, 5.41) is 4.04. The minimum Gasteiger partial charge on any atom is -0.461 e. The maximum Gasteiger partial charge on any atom is 0.358 e. The summed E-state index contributed by atoms with van der Waals surface area (Å²) in [7, 11) is 0. The first-order chi connectivity index (χ1) is 11.4. The number of imidazole rings is 1.